The summed E-state index contributed by atoms with van der Waals surface area (Å²) >= 11 is 0. The predicted octanol–water partition coefficient (Wildman–Crippen LogP) is 6.85. The molecule has 0 spiro atoms. The van der Waals surface area contributed by atoms with E-state index in [0.717, 1.165) is 10.5 Å². The maximum atomic E-state index is 14.0. The fraction of sp³-hybridized carbons (Fsp3) is 0.462. The Balaban J connectivity index is 1.02. The third-order valence-corrected chi connectivity index (χ3v) is 12.9. The van der Waals surface area contributed by atoms with E-state index in [2.05, 4.69) is 11.9 Å². The summed E-state index contributed by atoms with van der Waals surface area (Å²) in [5.41, 5.74) is 1.26. The number of unbranched alkanes of at least 4 members (excludes halogenated alkanes) is 1. The molecule has 3 atom stereocenters. The molecule has 0 saturated carbocycles. The summed E-state index contributed by atoms with van der Waals surface area (Å²) in [7, 11) is 3.10. The van der Waals surface area contributed by atoms with Gasteiger partial charge >= 0.3 is 5.97 Å². The van der Waals surface area contributed by atoms with E-state index in [1.165, 1.54) is 17.0 Å². The van der Waals surface area contributed by atoms with Crippen molar-refractivity contribution >= 4 is 46.9 Å². The molecule has 3 aromatic carbocycles. The Morgan fingerprint density at radius 2 is 1.53 bits per heavy atom. The van der Waals surface area contributed by atoms with Crippen LogP contribution in [0.5, 0.6) is 23.0 Å². The van der Waals surface area contributed by atoms with Gasteiger partial charge in [0.15, 0.2) is 23.1 Å². The van der Waals surface area contributed by atoms with Crippen LogP contribution >= 0.6 is 0 Å². The van der Waals surface area contributed by atoms with Crippen molar-refractivity contribution in [3.8, 4) is 23.0 Å². The van der Waals surface area contributed by atoms with Crippen LogP contribution in [0, 0.1) is 5.41 Å². The van der Waals surface area contributed by atoms with E-state index < -0.39 is 59.0 Å². The summed E-state index contributed by atoms with van der Waals surface area (Å²) < 4.78 is 28.8. The number of carbonyl (C=O) groups is 8. The topological polar surface area (TPSA) is 201 Å². The third kappa shape index (κ3) is 12.0. The predicted molar refractivity (Wildman–Crippen MR) is 248 cm³/mol. The molecule has 0 aromatic heterocycles. The van der Waals surface area contributed by atoms with E-state index in [-0.39, 0.29) is 67.5 Å². The molecule has 3 aromatic rings. The lowest BCUT2D eigenvalue weighted by Crippen LogP contribution is -2.53. The van der Waals surface area contributed by atoms with Crippen LogP contribution in [0.25, 0.3) is 0 Å². The zero-order valence-corrected chi connectivity index (χ0v) is 39.5. The minimum absolute atomic E-state index is 0.00872. The van der Waals surface area contributed by atoms with Crippen molar-refractivity contribution in [2.75, 3.05) is 34.0 Å². The van der Waals surface area contributed by atoms with Gasteiger partial charge in [-0.25, -0.2) is 4.79 Å². The van der Waals surface area contributed by atoms with Crippen LogP contribution < -0.4 is 24.3 Å². The Labute approximate surface area is 396 Å². The minimum Gasteiger partial charge on any atom is -0.493 e. The number of nitrogens with one attached hydrogen (secondary N) is 1. The number of ether oxygens (including phenoxy) is 5. The van der Waals surface area contributed by atoms with Crippen LogP contribution in [0.1, 0.15) is 129 Å². The average Bonchev–Trinajstić information content (AvgIpc) is 3.60. The number of hydrogen-bond donors (Lipinski definition) is 1. The number of benzene rings is 3. The molecule has 2 fully saturated rings. The molecule has 362 valence electrons. The minimum atomic E-state index is -0.978. The van der Waals surface area contributed by atoms with Crippen LogP contribution in [-0.4, -0.2) is 103 Å². The van der Waals surface area contributed by atoms with Gasteiger partial charge in [0.05, 0.1) is 25.3 Å². The van der Waals surface area contributed by atoms with Gasteiger partial charge in [-0.05, 0) is 112 Å². The number of Topliss-reactive ketones (excluding diaryl/α,β-unsaturated/α-hetero) is 3. The number of allylic oxidation sites excluding steroid dienone is 1. The van der Waals surface area contributed by atoms with Gasteiger partial charge in [0, 0.05) is 30.5 Å². The second-order valence-electron chi connectivity index (χ2n) is 18.0. The summed E-state index contributed by atoms with van der Waals surface area (Å²) in [6, 6.07) is 15.1. The van der Waals surface area contributed by atoms with E-state index in [4.69, 9.17) is 23.7 Å². The van der Waals surface area contributed by atoms with Crippen molar-refractivity contribution in [2.24, 2.45) is 5.41 Å². The molecule has 3 aliphatic heterocycles. The van der Waals surface area contributed by atoms with Gasteiger partial charge in [0.25, 0.3) is 17.7 Å². The monoisotopic (exact) mass is 935 g/mol. The van der Waals surface area contributed by atoms with Crippen LogP contribution in [0.4, 0.5) is 0 Å². The molecule has 0 aliphatic carbocycles. The van der Waals surface area contributed by atoms with Gasteiger partial charge in [-0.15, -0.1) is 0 Å². The van der Waals surface area contributed by atoms with E-state index in [1.807, 2.05) is 19.1 Å². The van der Waals surface area contributed by atoms with Gasteiger partial charge in [-0.1, -0.05) is 51.6 Å². The van der Waals surface area contributed by atoms with Gasteiger partial charge in [0.2, 0.25) is 11.7 Å². The average molecular weight is 936 g/mol. The van der Waals surface area contributed by atoms with E-state index in [9.17, 15) is 38.4 Å². The van der Waals surface area contributed by atoms with Crippen molar-refractivity contribution in [1.82, 2.24) is 15.1 Å². The maximum Gasteiger partial charge on any atom is 0.329 e. The summed E-state index contributed by atoms with van der Waals surface area (Å²) in [5.74, 6) is -2.47. The Morgan fingerprint density at radius 1 is 0.824 bits per heavy atom. The molecule has 3 aliphatic rings. The normalized spacial score (nSPS) is 17.5. The van der Waals surface area contributed by atoms with Crippen molar-refractivity contribution in [3.63, 3.8) is 0 Å². The summed E-state index contributed by atoms with van der Waals surface area (Å²) in [5, 5.41) is 2.60. The first kappa shape index (κ1) is 50.6. The van der Waals surface area contributed by atoms with Crippen molar-refractivity contribution in [3.05, 3.63) is 95.2 Å². The number of likely N-dealkylation sites (tertiary alicyclic amines) is 1. The number of hydrogen-bond acceptors (Lipinski definition) is 13. The molecule has 1 unspecified atom stereocenters. The van der Waals surface area contributed by atoms with E-state index >= 15 is 0 Å². The molecule has 2 saturated heterocycles. The number of nitrogens with zero attached hydrogens (tertiary/aromatic N) is 2. The highest BCUT2D eigenvalue weighted by Gasteiger charge is 2.46. The van der Waals surface area contributed by atoms with Crippen molar-refractivity contribution < 1.29 is 62.0 Å². The summed E-state index contributed by atoms with van der Waals surface area (Å²) in [6.45, 7) is 8.72. The van der Waals surface area contributed by atoms with Gasteiger partial charge in [0.1, 0.15) is 42.9 Å². The van der Waals surface area contributed by atoms with Crippen LogP contribution in [-0.2, 0) is 39.9 Å². The molecular weight excluding hydrogens is 875 g/mol. The fourth-order valence-electron chi connectivity index (χ4n) is 8.45. The first-order valence-corrected chi connectivity index (χ1v) is 23.2. The Bertz CT molecular complexity index is 2440. The van der Waals surface area contributed by atoms with E-state index in [1.54, 1.807) is 64.5 Å². The van der Waals surface area contributed by atoms with Gasteiger partial charge < -0.3 is 33.9 Å². The number of aryl methyl sites for hydroxylation is 1. The quantitative estimate of drug-likeness (QED) is 0.0448. The number of ketones is 3. The maximum absolute atomic E-state index is 14.0. The Kier molecular flexibility index (Phi) is 16.9. The Morgan fingerprint density at radius 3 is 2.22 bits per heavy atom. The van der Waals surface area contributed by atoms with Crippen molar-refractivity contribution in [2.45, 2.75) is 116 Å². The van der Waals surface area contributed by atoms with Crippen molar-refractivity contribution in [1.29, 1.82) is 0 Å². The highest BCUT2D eigenvalue weighted by molar-refractivity contribution is 6.38. The molecular formula is C52H61N3O13. The number of carbonyl (C=O) groups excluding carboxylic acids is 8. The SMILES string of the molecule is C=C1CCC(N2C(=O)c3cccc(OCC(=O)CCCCC(=O)COc4cccc([C@@H](CCc5ccc(OC)c(OC)c5)OC(=O)[C@@H]5CCCCN5C(=O)C(=O)C(C)(C)CC)c4)c3C2=O)C(=O)N1. The molecule has 0 bridgehead atoms. The first-order valence-electron chi connectivity index (χ1n) is 23.2. The molecule has 16 nitrogen and oxygen atoms in total. The van der Waals surface area contributed by atoms with Crippen LogP contribution in [0.2, 0.25) is 0 Å². The standard InChI is InChI=1S/C52H61N3O13/c1-7-52(3,4)46(58)50(62)54-27-11-10-19-40(54)51(63)68-41(25-22-33-23-26-42(64-5)44(28-33)65-6)34-14-12-17-37(29-34)66-30-35(56)15-8-9-16-36(57)31-67-43-20-13-18-38-45(43)49(61)55(48(38)60)39-24-21-32(2)53-47(39)59/h12-14,17-18,20,23,26,28-29,39-41H,2,7-11,15-16,19,21-22,24-25,27,30-31H2,1,3-6H3,(H,53,59)/t39?,40-,41+/m0/s1. The lowest BCUT2D eigenvalue weighted by Gasteiger charge is -2.36. The number of amides is 4. The lowest BCUT2D eigenvalue weighted by molar-refractivity contribution is -0.164. The number of piperidine rings is 2. The number of methoxy groups -OCH3 is 2. The molecule has 6 rings (SSSR count). The highest BCUT2D eigenvalue weighted by atomic mass is 16.5. The smallest absolute Gasteiger partial charge is 0.329 e. The number of imide groups is 1. The third-order valence-electron chi connectivity index (χ3n) is 12.9. The van der Waals surface area contributed by atoms with Crippen LogP contribution in [0.3, 0.4) is 0 Å². The Hall–Kier alpha value is -6.84. The largest absolute Gasteiger partial charge is 0.493 e. The zero-order valence-electron chi connectivity index (χ0n) is 39.5. The second kappa shape index (κ2) is 22.8. The molecule has 68 heavy (non-hydrogen) atoms. The lowest BCUT2D eigenvalue weighted by atomic mass is 9.84. The summed E-state index contributed by atoms with van der Waals surface area (Å²) in [4.78, 5) is 108. The van der Waals surface area contributed by atoms with E-state index in [0.29, 0.717) is 86.3 Å². The van der Waals surface area contributed by atoms with Crippen LogP contribution in [0.15, 0.2) is 72.9 Å². The van der Waals surface area contributed by atoms with Gasteiger partial charge in [-0.2, -0.15) is 0 Å². The molecule has 16 heteroatoms. The first-order chi connectivity index (χ1) is 32.6. The number of rotatable bonds is 23. The summed E-state index contributed by atoms with van der Waals surface area (Å²) in [6.07, 6.45) is 3.95. The second-order valence-corrected chi connectivity index (χ2v) is 18.0. The molecule has 1 N–H and O–H groups in total. The number of esters is 1. The fourth-order valence-corrected chi connectivity index (χ4v) is 8.45. The zero-order chi connectivity index (χ0) is 49.1. The molecule has 0 radical (unpaired) electrons. The molecule has 4 amide bonds. The van der Waals surface area contributed by atoms with Gasteiger partial charge in [-0.3, -0.25) is 38.5 Å². The highest BCUT2D eigenvalue weighted by Crippen LogP contribution is 2.35. The molecule has 3 heterocycles. The number of fused-ring (bicyclic) bond motifs is 1.